The van der Waals surface area contributed by atoms with E-state index in [2.05, 4.69) is 11.9 Å². The number of nitrogens with one attached hydrogen (secondary N) is 1. The van der Waals surface area contributed by atoms with Gasteiger partial charge >= 0.3 is 0 Å². The van der Waals surface area contributed by atoms with Gasteiger partial charge in [0.2, 0.25) is 6.79 Å². The van der Waals surface area contributed by atoms with Crippen LogP contribution in [0.15, 0.2) is 90.3 Å². The van der Waals surface area contributed by atoms with Crippen molar-refractivity contribution in [2.75, 3.05) is 23.0 Å². The van der Waals surface area contributed by atoms with Gasteiger partial charge < -0.3 is 14.8 Å². The average molecular weight is 436 g/mol. The first-order valence-corrected chi connectivity index (χ1v) is 10.9. The van der Waals surface area contributed by atoms with E-state index in [1.54, 1.807) is 72.8 Å². The van der Waals surface area contributed by atoms with Crippen LogP contribution in [0.25, 0.3) is 0 Å². The summed E-state index contributed by atoms with van der Waals surface area (Å²) < 4.78 is 37.9. The standard InChI is InChI=1S/C23H20N2O5S/c1-2-14-25(31(27,28)20-6-4-3-5-7-20)19-11-8-17(9-12-19)23(26)24-18-10-13-21-22(15-18)30-16-29-21/h2-13,15H,1,14,16H2,(H,24,26). The zero-order valence-corrected chi connectivity index (χ0v) is 17.3. The number of anilines is 2. The van der Waals surface area contributed by atoms with Crippen molar-refractivity contribution in [1.82, 2.24) is 0 Å². The van der Waals surface area contributed by atoms with Gasteiger partial charge in [-0.15, -0.1) is 6.58 Å². The predicted octanol–water partition coefficient (Wildman–Crippen LogP) is 4.05. The summed E-state index contributed by atoms with van der Waals surface area (Å²) >= 11 is 0. The summed E-state index contributed by atoms with van der Waals surface area (Å²) in [6.07, 6.45) is 1.51. The van der Waals surface area contributed by atoms with Crippen LogP contribution in [0.3, 0.4) is 0 Å². The van der Waals surface area contributed by atoms with Gasteiger partial charge in [0.1, 0.15) is 0 Å². The van der Waals surface area contributed by atoms with Crippen molar-refractivity contribution in [2.45, 2.75) is 4.90 Å². The van der Waals surface area contributed by atoms with Crippen molar-refractivity contribution in [3.63, 3.8) is 0 Å². The van der Waals surface area contributed by atoms with Crippen molar-refractivity contribution in [2.24, 2.45) is 0 Å². The smallest absolute Gasteiger partial charge is 0.264 e. The van der Waals surface area contributed by atoms with Crippen molar-refractivity contribution in [1.29, 1.82) is 0 Å². The molecular formula is C23H20N2O5S. The molecule has 0 saturated carbocycles. The number of carbonyl (C=O) groups excluding carboxylic acids is 1. The third-order valence-corrected chi connectivity index (χ3v) is 6.48. The summed E-state index contributed by atoms with van der Waals surface area (Å²) in [6.45, 7) is 3.91. The number of benzene rings is 3. The second kappa shape index (κ2) is 8.53. The summed E-state index contributed by atoms with van der Waals surface area (Å²) in [5.74, 6) is 0.871. The van der Waals surface area contributed by atoms with Gasteiger partial charge in [-0.25, -0.2) is 8.42 Å². The van der Waals surface area contributed by atoms with Crippen molar-refractivity contribution < 1.29 is 22.7 Å². The lowest BCUT2D eigenvalue weighted by Gasteiger charge is -2.23. The van der Waals surface area contributed by atoms with E-state index in [-0.39, 0.29) is 24.1 Å². The van der Waals surface area contributed by atoms with E-state index in [4.69, 9.17) is 9.47 Å². The Morgan fingerprint density at radius 2 is 1.71 bits per heavy atom. The molecule has 1 N–H and O–H groups in total. The van der Waals surface area contributed by atoms with Crippen molar-refractivity contribution >= 4 is 27.3 Å². The summed E-state index contributed by atoms with van der Waals surface area (Å²) in [4.78, 5) is 12.8. The maximum Gasteiger partial charge on any atom is 0.264 e. The number of rotatable bonds is 7. The van der Waals surface area contributed by atoms with Crippen LogP contribution in [0.1, 0.15) is 10.4 Å². The molecule has 0 unspecified atom stereocenters. The lowest BCUT2D eigenvalue weighted by Crippen LogP contribution is -2.31. The molecule has 0 spiro atoms. The molecule has 0 fully saturated rings. The van der Waals surface area contributed by atoms with E-state index in [0.29, 0.717) is 28.4 Å². The fourth-order valence-corrected chi connectivity index (χ4v) is 4.59. The Morgan fingerprint density at radius 3 is 2.42 bits per heavy atom. The molecule has 1 amide bonds. The number of fused-ring (bicyclic) bond motifs is 1. The quantitative estimate of drug-likeness (QED) is 0.565. The Morgan fingerprint density at radius 1 is 1.00 bits per heavy atom. The van der Waals surface area contributed by atoms with Crippen molar-refractivity contribution in [3.05, 3.63) is 91.0 Å². The maximum atomic E-state index is 13.1. The third kappa shape index (κ3) is 4.24. The summed E-state index contributed by atoms with van der Waals surface area (Å²) in [6, 6.07) is 19.7. The van der Waals surface area contributed by atoms with Crippen LogP contribution in [0.2, 0.25) is 0 Å². The SMILES string of the molecule is C=CCN(c1ccc(C(=O)Nc2ccc3c(c2)OCO3)cc1)S(=O)(=O)c1ccccc1. The summed E-state index contributed by atoms with van der Waals surface area (Å²) in [5.41, 5.74) is 1.39. The highest BCUT2D eigenvalue weighted by molar-refractivity contribution is 7.92. The van der Waals surface area contributed by atoms with Gasteiger partial charge in [-0.3, -0.25) is 9.10 Å². The number of sulfonamides is 1. The minimum absolute atomic E-state index is 0.0972. The molecule has 4 rings (SSSR count). The van der Waals surface area contributed by atoms with Crippen molar-refractivity contribution in [3.8, 4) is 11.5 Å². The highest BCUT2D eigenvalue weighted by Gasteiger charge is 2.24. The predicted molar refractivity (Wildman–Crippen MR) is 118 cm³/mol. The molecule has 31 heavy (non-hydrogen) atoms. The van der Waals surface area contributed by atoms with Gasteiger partial charge in [-0.05, 0) is 48.5 Å². The lowest BCUT2D eigenvalue weighted by molar-refractivity contribution is 0.102. The second-order valence-corrected chi connectivity index (χ2v) is 8.57. The number of hydrogen-bond donors (Lipinski definition) is 1. The zero-order valence-electron chi connectivity index (χ0n) is 16.5. The van der Waals surface area contributed by atoms with Crippen LogP contribution in [0.4, 0.5) is 11.4 Å². The minimum Gasteiger partial charge on any atom is -0.454 e. The first kappa shape index (κ1) is 20.5. The molecule has 8 heteroatoms. The monoisotopic (exact) mass is 436 g/mol. The summed E-state index contributed by atoms with van der Waals surface area (Å²) in [5, 5.41) is 2.80. The number of nitrogens with zero attached hydrogens (tertiary/aromatic N) is 1. The fraction of sp³-hybridized carbons (Fsp3) is 0.0870. The van der Waals surface area contributed by atoms with E-state index in [0.717, 1.165) is 0 Å². The molecule has 0 saturated heterocycles. The largest absolute Gasteiger partial charge is 0.454 e. The molecule has 7 nitrogen and oxygen atoms in total. The van der Waals surface area contributed by atoms with Gasteiger partial charge in [0, 0.05) is 17.3 Å². The maximum absolute atomic E-state index is 13.1. The summed E-state index contributed by atoms with van der Waals surface area (Å²) in [7, 11) is -3.77. The van der Waals surface area contributed by atoms with Gasteiger partial charge in [0.05, 0.1) is 17.1 Å². The molecule has 158 valence electrons. The van der Waals surface area contributed by atoms with Gasteiger partial charge in [0.25, 0.3) is 15.9 Å². The number of hydrogen-bond acceptors (Lipinski definition) is 5. The van der Waals surface area contributed by atoms with Crippen LogP contribution < -0.4 is 19.1 Å². The Bertz CT molecular complexity index is 1210. The molecule has 1 aliphatic rings. The fourth-order valence-electron chi connectivity index (χ4n) is 3.14. The number of carbonyl (C=O) groups is 1. The molecule has 0 aromatic heterocycles. The Hall–Kier alpha value is -3.78. The van der Waals surface area contributed by atoms with Gasteiger partial charge in [-0.2, -0.15) is 0 Å². The van der Waals surface area contributed by atoms with Crippen LogP contribution in [-0.4, -0.2) is 27.7 Å². The van der Waals surface area contributed by atoms with Crippen LogP contribution >= 0.6 is 0 Å². The number of amides is 1. The molecule has 0 bridgehead atoms. The Kier molecular flexibility index (Phi) is 5.64. The second-order valence-electron chi connectivity index (χ2n) is 6.71. The van der Waals surface area contributed by atoms with Crippen LogP contribution in [0, 0.1) is 0 Å². The molecule has 3 aromatic carbocycles. The highest BCUT2D eigenvalue weighted by atomic mass is 32.2. The minimum atomic E-state index is -3.77. The van der Waals surface area contributed by atoms with E-state index in [1.807, 2.05) is 0 Å². The Labute approximate surface area is 180 Å². The van der Waals surface area contributed by atoms with Crippen LogP contribution in [-0.2, 0) is 10.0 Å². The van der Waals surface area contributed by atoms with E-state index < -0.39 is 10.0 Å². The molecule has 0 aliphatic carbocycles. The van der Waals surface area contributed by atoms with E-state index >= 15 is 0 Å². The van der Waals surface area contributed by atoms with Gasteiger partial charge in [0.15, 0.2) is 11.5 Å². The molecule has 0 radical (unpaired) electrons. The molecule has 1 heterocycles. The Balaban J connectivity index is 1.54. The van der Waals surface area contributed by atoms with E-state index in [1.165, 1.54) is 10.4 Å². The van der Waals surface area contributed by atoms with E-state index in [9.17, 15) is 13.2 Å². The van der Waals surface area contributed by atoms with Gasteiger partial charge in [-0.1, -0.05) is 24.3 Å². The molecule has 1 aliphatic heterocycles. The molecular weight excluding hydrogens is 416 g/mol. The molecule has 3 aromatic rings. The van der Waals surface area contributed by atoms with Crippen LogP contribution in [0.5, 0.6) is 11.5 Å². The first-order chi connectivity index (χ1) is 15.0. The first-order valence-electron chi connectivity index (χ1n) is 9.49. The lowest BCUT2D eigenvalue weighted by atomic mass is 10.2. The average Bonchev–Trinajstić information content (AvgIpc) is 3.26. The highest BCUT2D eigenvalue weighted by Crippen LogP contribution is 2.34. The third-order valence-electron chi connectivity index (χ3n) is 4.67. The molecule has 0 atom stereocenters. The topological polar surface area (TPSA) is 84.9 Å². The zero-order chi connectivity index (χ0) is 21.8. The number of ether oxygens (including phenoxy) is 2. The normalized spacial score (nSPS) is 12.3.